The molecule has 0 atom stereocenters. The van der Waals surface area contributed by atoms with E-state index >= 15 is 0 Å². The largest absolute Gasteiger partial charge is 0.273 e. The lowest BCUT2D eigenvalue weighted by atomic mass is 10.1. The van der Waals surface area contributed by atoms with E-state index in [2.05, 4.69) is 10.9 Å². The molecule has 0 aliphatic heterocycles. The maximum absolute atomic E-state index is 12.2. The van der Waals surface area contributed by atoms with Crippen molar-refractivity contribution in [2.24, 2.45) is 0 Å². The SMILES string of the molecule is Cc1c(C(=O)NNC(=O)c2cccc(S(=O)(=O)N(C)C)c2)cccc1[N+](=O)[O-]. The summed E-state index contributed by atoms with van der Waals surface area (Å²) >= 11 is 0. The summed E-state index contributed by atoms with van der Waals surface area (Å²) in [6.45, 7) is 1.42. The third-order valence-corrected chi connectivity index (χ3v) is 5.72. The van der Waals surface area contributed by atoms with Crippen LogP contribution >= 0.6 is 0 Å². The Bertz CT molecular complexity index is 1050. The maximum Gasteiger partial charge on any atom is 0.273 e. The lowest BCUT2D eigenvalue weighted by Crippen LogP contribution is -2.42. The predicted octanol–water partition coefficient (Wildman–Crippen LogP) is 1.23. The van der Waals surface area contributed by atoms with Gasteiger partial charge in [0.2, 0.25) is 10.0 Å². The number of hydrogen-bond donors (Lipinski definition) is 2. The Labute approximate surface area is 161 Å². The van der Waals surface area contributed by atoms with Gasteiger partial charge < -0.3 is 0 Å². The number of sulfonamides is 1. The molecule has 2 N–H and O–H groups in total. The summed E-state index contributed by atoms with van der Waals surface area (Å²) in [6.07, 6.45) is 0. The zero-order valence-electron chi connectivity index (χ0n) is 15.3. The van der Waals surface area contributed by atoms with Crippen LogP contribution < -0.4 is 10.9 Å². The van der Waals surface area contributed by atoms with Crippen LogP contribution in [0.4, 0.5) is 5.69 Å². The molecule has 0 saturated carbocycles. The second kappa shape index (κ2) is 8.15. The van der Waals surface area contributed by atoms with Crippen LogP contribution in [0, 0.1) is 17.0 Å². The topological polar surface area (TPSA) is 139 Å². The highest BCUT2D eigenvalue weighted by Gasteiger charge is 2.20. The van der Waals surface area contributed by atoms with E-state index in [1.54, 1.807) is 0 Å². The summed E-state index contributed by atoms with van der Waals surface area (Å²) in [7, 11) is -0.994. The number of carbonyl (C=O) groups excluding carboxylic acids is 2. The van der Waals surface area contributed by atoms with E-state index in [4.69, 9.17) is 0 Å². The van der Waals surface area contributed by atoms with E-state index in [0.29, 0.717) is 0 Å². The second-order valence-corrected chi connectivity index (χ2v) is 8.08. The molecule has 0 radical (unpaired) electrons. The number of nitro benzene ring substituents is 1. The van der Waals surface area contributed by atoms with Crippen LogP contribution in [0.15, 0.2) is 47.4 Å². The molecule has 0 fully saturated rings. The molecule has 0 bridgehead atoms. The minimum atomic E-state index is -3.72. The summed E-state index contributed by atoms with van der Waals surface area (Å²) in [5.74, 6) is -1.49. The van der Waals surface area contributed by atoms with Crippen molar-refractivity contribution in [2.75, 3.05) is 14.1 Å². The van der Waals surface area contributed by atoms with Crippen molar-refractivity contribution in [1.29, 1.82) is 0 Å². The fourth-order valence-electron chi connectivity index (χ4n) is 2.33. The number of rotatable bonds is 5. The van der Waals surface area contributed by atoms with Crippen LogP contribution in [0.2, 0.25) is 0 Å². The highest BCUT2D eigenvalue weighted by molar-refractivity contribution is 7.89. The number of nitrogens with zero attached hydrogens (tertiary/aromatic N) is 2. The van der Waals surface area contributed by atoms with Crippen LogP contribution in [0.3, 0.4) is 0 Å². The number of benzene rings is 2. The molecule has 0 aliphatic rings. The molecule has 10 nitrogen and oxygen atoms in total. The highest BCUT2D eigenvalue weighted by Crippen LogP contribution is 2.20. The number of nitrogens with one attached hydrogen (secondary N) is 2. The van der Waals surface area contributed by atoms with Crippen LogP contribution in [0.25, 0.3) is 0 Å². The molecule has 0 heterocycles. The van der Waals surface area contributed by atoms with Gasteiger partial charge in [0.25, 0.3) is 17.5 Å². The smallest absolute Gasteiger partial charge is 0.267 e. The number of hydrogen-bond acceptors (Lipinski definition) is 6. The fraction of sp³-hybridized carbons (Fsp3) is 0.176. The first kappa shape index (κ1) is 21.0. The highest BCUT2D eigenvalue weighted by atomic mass is 32.2. The molecule has 0 aromatic heterocycles. The van der Waals surface area contributed by atoms with Crippen molar-refractivity contribution in [3.8, 4) is 0 Å². The van der Waals surface area contributed by atoms with Crippen molar-refractivity contribution in [2.45, 2.75) is 11.8 Å². The Morgan fingerprint density at radius 3 is 2.25 bits per heavy atom. The molecule has 2 amide bonds. The number of amides is 2. The average Bonchev–Trinajstić information content (AvgIpc) is 2.65. The molecule has 2 aromatic carbocycles. The summed E-state index contributed by atoms with van der Waals surface area (Å²) in [6, 6.07) is 9.31. The summed E-state index contributed by atoms with van der Waals surface area (Å²) in [5, 5.41) is 11.0. The minimum absolute atomic E-state index is 0.0130. The summed E-state index contributed by atoms with van der Waals surface area (Å²) < 4.78 is 25.3. The monoisotopic (exact) mass is 406 g/mol. The van der Waals surface area contributed by atoms with Gasteiger partial charge in [-0.1, -0.05) is 12.1 Å². The van der Waals surface area contributed by atoms with Crippen LogP contribution in [-0.2, 0) is 10.0 Å². The first-order valence-electron chi connectivity index (χ1n) is 7.93. The molecule has 0 saturated heterocycles. The Kier molecular flexibility index (Phi) is 6.11. The Morgan fingerprint density at radius 2 is 1.64 bits per heavy atom. The van der Waals surface area contributed by atoms with Crippen LogP contribution in [-0.4, -0.2) is 43.6 Å². The van der Waals surface area contributed by atoms with E-state index in [1.165, 1.54) is 63.5 Å². The maximum atomic E-state index is 12.2. The van der Waals surface area contributed by atoms with Gasteiger partial charge in [0, 0.05) is 31.3 Å². The quantitative estimate of drug-likeness (QED) is 0.566. The molecule has 11 heteroatoms. The third kappa shape index (κ3) is 4.32. The first-order chi connectivity index (χ1) is 13.1. The lowest BCUT2D eigenvalue weighted by molar-refractivity contribution is -0.385. The standard InChI is InChI=1S/C17H18N4O6S/c1-11-14(8-5-9-15(11)21(24)25)17(23)19-18-16(22)12-6-4-7-13(10-12)28(26,27)20(2)3/h4-10H,1-3H3,(H,18,22)(H,19,23). The van der Waals surface area contributed by atoms with Crippen LogP contribution in [0.1, 0.15) is 26.3 Å². The second-order valence-electron chi connectivity index (χ2n) is 5.93. The zero-order chi connectivity index (χ0) is 21.1. The fourth-order valence-corrected chi connectivity index (χ4v) is 3.28. The normalized spacial score (nSPS) is 11.1. The van der Waals surface area contributed by atoms with Gasteiger partial charge in [-0.2, -0.15) is 0 Å². The van der Waals surface area contributed by atoms with Crippen molar-refractivity contribution >= 4 is 27.5 Å². The van der Waals surface area contributed by atoms with Crippen molar-refractivity contribution in [3.05, 3.63) is 69.3 Å². The molecule has 28 heavy (non-hydrogen) atoms. The molecular weight excluding hydrogens is 388 g/mol. The van der Waals surface area contributed by atoms with Gasteiger partial charge >= 0.3 is 0 Å². The first-order valence-corrected chi connectivity index (χ1v) is 9.37. The summed E-state index contributed by atoms with van der Waals surface area (Å²) in [5.41, 5.74) is 4.30. The van der Waals surface area contributed by atoms with E-state index in [9.17, 15) is 28.1 Å². The number of carbonyl (C=O) groups is 2. The molecule has 0 spiro atoms. The van der Waals surface area contributed by atoms with Gasteiger partial charge in [-0.15, -0.1) is 0 Å². The number of nitro groups is 1. The Morgan fingerprint density at radius 1 is 1.04 bits per heavy atom. The molecule has 0 aliphatic carbocycles. The van der Waals surface area contributed by atoms with Crippen molar-refractivity contribution < 1.29 is 22.9 Å². The molecule has 148 valence electrons. The van der Waals surface area contributed by atoms with E-state index < -0.39 is 26.8 Å². The molecule has 0 unspecified atom stereocenters. The minimum Gasteiger partial charge on any atom is -0.267 e. The van der Waals surface area contributed by atoms with Gasteiger partial charge in [-0.3, -0.25) is 30.6 Å². The van der Waals surface area contributed by atoms with Gasteiger partial charge in [0.1, 0.15) is 0 Å². The van der Waals surface area contributed by atoms with Crippen LogP contribution in [0.5, 0.6) is 0 Å². The molecule has 2 rings (SSSR count). The molecular formula is C17H18N4O6S. The van der Waals surface area contributed by atoms with Gasteiger partial charge in [0.15, 0.2) is 0 Å². The van der Waals surface area contributed by atoms with E-state index in [1.807, 2.05) is 0 Å². The Balaban J connectivity index is 2.16. The van der Waals surface area contributed by atoms with Crippen molar-refractivity contribution in [1.82, 2.24) is 15.2 Å². The third-order valence-electron chi connectivity index (χ3n) is 3.91. The van der Waals surface area contributed by atoms with Gasteiger partial charge in [-0.05, 0) is 31.2 Å². The average molecular weight is 406 g/mol. The lowest BCUT2D eigenvalue weighted by Gasteiger charge is -2.13. The van der Waals surface area contributed by atoms with E-state index in [0.717, 1.165) is 4.31 Å². The van der Waals surface area contributed by atoms with Crippen molar-refractivity contribution in [3.63, 3.8) is 0 Å². The molecule has 2 aromatic rings. The number of hydrazine groups is 1. The predicted molar refractivity (Wildman–Crippen MR) is 100 cm³/mol. The van der Waals surface area contributed by atoms with Gasteiger partial charge in [0.05, 0.1) is 15.4 Å². The zero-order valence-corrected chi connectivity index (χ0v) is 16.1. The Hall–Kier alpha value is -3.31. The van der Waals surface area contributed by atoms with E-state index in [-0.39, 0.29) is 27.3 Å². The van der Waals surface area contributed by atoms with Gasteiger partial charge in [-0.25, -0.2) is 12.7 Å². The summed E-state index contributed by atoms with van der Waals surface area (Å²) in [4.78, 5) is 34.8.